The van der Waals surface area contributed by atoms with E-state index < -0.39 is 0 Å². The number of hydrogen-bond acceptors (Lipinski definition) is 3. The topological polar surface area (TPSA) is 36.3 Å². The lowest BCUT2D eigenvalue weighted by molar-refractivity contribution is 0.403. The van der Waals surface area contributed by atoms with Crippen molar-refractivity contribution in [3.8, 4) is 11.5 Å². The molecule has 0 aliphatic carbocycles. The van der Waals surface area contributed by atoms with Gasteiger partial charge in [-0.2, -0.15) is 0 Å². The van der Waals surface area contributed by atoms with Crippen LogP contribution in [0.15, 0.2) is 98.0 Å². The second-order valence-electron chi connectivity index (χ2n) is 7.33. The molecule has 156 valence electrons. The van der Waals surface area contributed by atoms with E-state index in [9.17, 15) is 0 Å². The summed E-state index contributed by atoms with van der Waals surface area (Å²) in [6.45, 7) is 5.25. The fourth-order valence-electron chi connectivity index (χ4n) is 3.99. The third kappa shape index (κ3) is 4.24. The third-order valence-corrected chi connectivity index (χ3v) is 5.49. The fraction of sp³-hybridized carbons (Fsp3) is 0.148. The Hall–Kier alpha value is -3.79. The van der Waals surface area contributed by atoms with Crippen molar-refractivity contribution < 1.29 is 9.47 Å². The Bertz CT molecular complexity index is 1120. The molecule has 0 aliphatic heterocycles. The minimum atomic E-state index is -0.154. The number of benzene rings is 3. The zero-order chi connectivity index (χ0) is 21.6. The van der Waals surface area contributed by atoms with E-state index in [4.69, 9.17) is 9.47 Å². The molecule has 31 heavy (non-hydrogen) atoms. The predicted molar refractivity (Wildman–Crippen MR) is 125 cm³/mol. The molecule has 0 N–H and O–H groups in total. The minimum absolute atomic E-state index is 0.154. The van der Waals surface area contributed by atoms with Crippen molar-refractivity contribution in [2.45, 2.75) is 12.5 Å². The van der Waals surface area contributed by atoms with Crippen LogP contribution in [0.2, 0.25) is 0 Å². The number of hydrogen-bond donors (Lipinski definition) is 0. The highest BCUT2D eigenvalue weighted by Gasteiger charge is 2.26. The van der Waals surface area contributed by atoms with Crippen molar-refractivity contribution in [2.24, 2.45) is 0 Å². The van der Waals surface area contributed by atoms with Gasteiger partial charge >= 0.3 is 0 Å². The lowest BCUT2D eigenvalue weighted by atomic mass is 9.83. The average Bonchev–Trinajstić information content (AvgIpc) is 3.28. The van der Waals surface area contributed by atoms with Crippen LogP contribution in [0, 0.1) is 0 Å². The van der Waals surface area contributed by atoms with Gasteiger partial charge < -0.3 is 14.0 Å². The summed E-state index contributed by atoms with van der Waals surface area (Å²) in [5.41, 5.74) is 5.19. The van der Waals surface area contributed by atoms with E-state index in [0.717, 1.165) is 40.4 Å². The van der Waals surface area contributed by atoms with Gasteiger partial charge in [-0.3, -0.25) is 0 Å². The predicted octanol–water partition coefficient (Wildman–Crippen LogP) is 5.79. The highest BCUT2D eigenvalue weighted by Crippen LogP contribution is 2.43. The van der Waals surface area contributed by atoms with Gasteiger partial charge in [-0.15, -0.1) is 0 Å². The molecule has 0 saturated heterocycles. The first kappa shape index (κ1) is 20.5. The zero-order valence-electron chi connectivity index (χ0n) is 17.9. The molecule has 0 fully saturated rings. The molecule has 3 aromatic carbocycles. The molecule has 0 saturated carbocycles. The monoisotopic (exact) mass is 410 g/mol. The van der Waals surface area contributed by atoms with Gasteiger partial charge in [0.15, 0.2) is 0 Å². The summed E-state index contributed by atoms with van der Waals surface area (Å²) in [5.74, 6) is 1.47. The number of aromatic nitrogens is 2. The van der Waals surface area contributed by atoms with Crippen LogP contribution in [-0.4, -0.2) is 23.8 Å². The first-order chi connectivity index (χ1) is 15.2. The summed E-state index contributed by atoms with van der Waals surface area (Å²) in [6, 6.07) is 26.5. The van der Waals surface area contributed by atoms with Crippen LogP contribution in [0.4, 0.5) is 0 Å². The van der Waals surface area contributed by atoms with E-state index in [1.807, 2.05) is 67.1 Å². The van der Waals surface area contributed by atoms with Crippen molar-refractivity contribution in [3.05, 3.63) is 120 Å². The molecule has 4 nitrogen and oxygen atoms in total. The molecule has 0 atom stereocenters. The number of allylic oxidation sites excluding steroid dienone is 1. The van der Waals surface area contributed by atoms with Gasteiger partial charge in [0.05, 0.1) is 32.4 Å². The van der Waals surface area contributed by atoms with Gasteiger partial charge in [0.1, 0.15) is 11.5 Å². The summed E-state index contributed by atoms with van der Waals surface area (Å²) < 4.78 is 13.6. The van der Waals surface area contributed by atoms with Crippen LogP contribution in [0.3, 0.4) is 0 Å². The third-order valence-electron chi connectivity index (χ3n) is 5.49. The maximum atomic E-state index is 5.71. The highest BCUT2D eigenvalue weighted by atomic mass is 16.5. The Labute approximate surface area is 183 Å². The van der Waals surface area contributed by atoms with Crippen LogP contribution in [0.5, 0.6) is 11.5 Å². The summed E-state index contributed by atoms with van der Waals surface area (Å²) in [4.78, 5) is 4.43. The Balaban J connectivity index is 1.82. The normalized spacial score (nSPS) is 10.8. The van der Waals surface area contributed by atoms with E-state index in [-0.39, 0.29) is 5.92 Å². The van der Waals surface area contributed by atoms with Crippen molar-refractivity contribution in [1.82, 2.24) is 9.55 Å². The largest absolute Gasteiger partial charge is 0.496 e. The number of imidazole rings is 1. The Morgan fingerprint density at radius 2 is 1.39 bits per heavy atom. The van der Waals surface area contributed by atoms with E-state index in [2.05, 4.69) is 40.4 Å². The zero-order valence-corrected chi connectivity index (χ0v) is 17.9. The molecule has 1 aromatic heterocycles. The summed E-state index contributed by atoms with van der Waals surface area (Å²) >= 11 is 0. The number of ether oxygens (including phenoxy) is 2. The molecule has 0 radical (unpaired) electrons. The molecule has 4 rings (SSSR count). The Morgan fingerprint density at radius 1 is 0.839 bits per heavy atom. The molecule has 1 heterocycles. The van der Waals surface area contributed by atoms with Crippen molar-refractivity contribution in [3.63, 3.8) is 0 Å². The molecule has 0 amide bonds. The van der Waals surface area contributed by atoms with Gasteiger partial charge in [-0.1, -0.05) is 73.3 Å². The van der Waals surface area contributed by atoms with E-state index in [0.29, 0.717) is 0 Å². The average molecular weight is 411 g/mol. The molecular weight excluding hydrogens is 384 g/mol. The standard InChI is InChI=1S/C27H26N2O2/c1-20(24-17-28-19-29(24)18-21-11-5-4-6-12-21)27(22-13-7-9-15-25(22)30-2)23-14-8-10-16-26(23)31-3/h4-17,19,27H,1,18H2,2-3H3. The number of methoxy groups -OCH3 is 2. The highest BCUT2D eigenvalue weighted by molar-refractivity contribution is 5.74. The second-order valence-corrected chi connectivity index (χ2v) is 7.33. The number of para-hydroxylation sites is 2. The minimum Gasteiger partial charge on any atom is -0.496 e. The van der Waals surface area contributed by atoms with Crippen LogP contribution >= 0.6 is 0 Å². The first-order valence-corrected chi connectivity index (χ1v) is 10.2. The Morgan fingerprint density at radius 3 is 1.97 bits per heavy atom. The van der Waals surface area contributed by atoms with E-state index >= 15 is 0 Å². The molecule has 0 bridgehead atoms. The molecule has 0 unspecified atom stereocenters. The quantitative estimate of drug-likeness (QED) is 0.369. The summed E-state index contributed by atoms with van der Waals surface area (Å²) in [6.07, 6.45) is 3.73. The van der Waals surface area contributed by atoms with Crippen molar-refractivity contribution in [2.75, 3.05) is 14.2 Å². The number of nitrogens with zero attached hydrogens (tertiary/aromatic N) is 2. The van der Waals surface area contributed by atoms with Gasteiger partial charge in [-0.05, 0) is 23.3 Å². The van der Waals surface area contributed by atoms with E-state index in [1.165, 1.54) is 5.56 Å². The fourth-order valence-corrected chi connectivity index (χ4v) is 3.99. The Kier molecular flexibility index (Phi) is 6.18. The molecule has 0 aliphatic rings. The molecule has 4 heteroatoms. The first-order valence-electron chi connectivity index (χ1n) is 10.2. The van der Waals surface area contributed by atoms with E-state index in [1.54, 1.807) is 14.2 Å². The van der Waals surface area contributed by atoms with Gasteiger partial charge in [-0.25, -0.2) is 4.98 Å². The molecular formula is C27H26N2O2. The SMILES string of the molecule is C=C(c1cncn1Cc1ccccc1)C(c1ccccc1OC)c1ccccc1OC. The maximum absolute atomic E-state index is 5.71. The summed E-state index contributed by atoms with van der Waals surface area (Å²) in [7, 11) is 3.39. The van der Waals surface area contributed by atoms with Gasteiger partial charge in [0, 0.05) is 23.6 Å². The smallest absolute Gasteiger partial charge is 0.123 e. The van der Waals surface area contributed by atoms with Crippen LogP contribution in [-0.2, 0) is 6.54 Å². The molecule has 4 aromatic rings. The van der Waals surface area contributed by atoms with Crippen LogP contribution in [0.1, 0.15) is 28.3 Å². The van der Waals surface area contributed by atoms with Crippen molar-refractivity contribution >= 4 is 5.57 Å². The lowest BCUT2D eigenvalue weighted by Gasteiger charge is -2.25. The van der Waals surface area contributed by atoms with Crippen LogP contribution in [0.25, 0.3) is 5.57 Å². The van der Waals surface area contributed by atoms with Gasteiger partial charge in [0.2, 0.25) is 0 Å². The maximum Gasteiger partial charge on any atom is 0.123 e. The van der Waals surface area contributed by atoms with Crippen molar-refractivity contribution in [1.29, 1.82) is 0 Å². The lowest BCUT2D eigenvalue weighted by Crippen LogP contribution is -2.11. The number of rotatable bonds is 8. The second kappa shape index (κ2) is 9.35. The van der Waals surface area contributed by atoms with Gasteiger partial charge in [0.25, 0.3) is 0 Å². The summed E-state index contributed by atoms with van der Waals surface area (Å²) in [5, 5.41) is 0. The van der Waals surface area contributed by atoms with Crippen LogP contribution < -0.4 is 9.47 Å². The molecule has 0 spiro atoms.